The number of carbonyl (C=O) groups excluding carboxylic acids is 2. The van der Waals surface area contributed by atoms with Crippen molar-refractivity contribution in [2.75, 3.05) is 6.54 Å². The Balaban J connectivity index is 1.87. The van der Waals surface area contributed by atoms with E-state index in [0.29, 0.717) is 10.9 Å². The fraction of sp³-hybridized carbons (Fsp3) is 0.444. The molecule has 1 saturated carbocycles. The molecule has 4 rings (SSSR count). The molecule has 6 heteroatoms. The van der Waals surface area contributed by atoms with Gasteiger partial charge in [0.15, 0.2) is 5.78 Å². The molecule has 1 fully saturated rings. The van der Waals surface area contributed by atoms with Crippen molar-refractivity contribution in [3.63, 3.8) is 0 Å². The first-order valence-corrected chi connectivity index (χ1v) is 8.92. The molecule has 0 aromatic heterocycles. The molecule has 0 bridgehead atoms. The first-order valence-electron chi connectivity index (χ1n) is 8.13. The van der Waals surface area contributed by atoms with Gasteiger partial charge in [-0.1, -0.05) is 6.07 Å². The average Bonchev–Trinajstić information content (AvgIpc) is 2.56. The lowest BCUT2D eigenvalue weighted by Gasteiger charge is -2.42. The zero-order valence-corrected chi connectivity index (χ0v) is 14.5. The molecule has 0 spiro atoms. The summed E-state index contributed by atoms with van der Waals surface area (Å²) < 4.78 is 14.0. The van der Waals surface area contributed by atoms with Crippen LogP contribution in [0.15, 0.2) is 32.7 Å². The highest BCUT2D eigenvalue weighted by molar-refractivity contribution is 9.10. The van der Waals surface area contributed by atoms with Crippen molar-refractivity contribution in [2.45, 2.75) is 31.2 Å². The number of hydrogen-bond acceptors (Lipinski definition) is 4. The van der Waals surface area contributed by atoms with Crippen molar-refractivity contribution in [1.82, 2.24) is 0 Å². The van der Waals surface area contributed by atoms with Gasteiger partial charge in [0, 0.05) is 24.3 Å². The maximum absolute atomic E-state index is 13.7. The fourth-order valence-electron chi connectivity index (χ4n) is 4.18. The second kappa shape index (κ2) is 5.99. The van der Waals surface area contributed by atoms with Gasteiger partial charge < -0.3 is 0 Å². The number of carbonyl (C=O) groups is 2. The van der Waals surface area contributed by atoms with E-state index in [4.69, 9.17) is 0 Å². The molecule has 1 aliphatic carbocycles. The molecule has 0 radical (unpaired) electrons. The van der Waals surface area contributed by atoms with Gasteiger partial charge in [-0.05, 0) is 46.5 Å². The van der Waals surface area contributed by atoms with E-state index in [1.807, 2.05) is 0 Å². The summed E-state index contributed by atoms with van der Waals surface area (Å²) in [4.78, 5) is 34.0. The molecule has 4 nitrogen and oxygen atoms in total. The van der Waals surface area contributed by atoms with Crippen LogP contribution in [0.4, 0.5) is 4.39 Å². The molecular formula is C18H16BrFN2O2. The van der Waals surface area contributed by atoms with Crippen LogP contribution in [-0.2, 0) is 9.59 Å². The number of ketones is 2. The van der Waals surface area contributed by atoms with Crippen molar-refractivity contribution in [1.29, 1.82) is 0 Å². The Bertz CT molecular complexity index is 789. The van der Waals surface area contributed by atoms with Gasteiger partial charge in [0.1, 0.15) is 11.6 Å². The number of benzene rings is 1. The lowest BCUT2D eigenvalue weighted by molar-refractivity contribution is -0.126. The smallest absolute Gasteiger partial charge is 0.160 e. The van der Waals surface area contributed by atoms with Gasteiger partial charge in [-0.3, -0.25) is 19.6 Å². The number of nitrogens with zero attached hydrogens (tertiary/aromatic N) is 2. The van der Waals surface area contributed by atoms with Crippen molar-refractivity contribution in [3.8, 4) is 0 Å². The van der Waals surface area contributed by atoms with Crippen LogP contribution in [0.3, 0.4) is 0 Å². The molecule has 2 heterocycles. The highest BCUT2D eigenvalue weighted by atomic mass is 79.9. The minimum atomic E-state index is -0.393. The molecular weight excluding hydrogens is 375 g/mol. The molecule has 0 saturated heterocycles. The maximum atomic E-state index is 13.7. The summed E-state index contributed by atoms with van der Waals surface area (Å²) >= 11 is 3.22. The van der Waals surface area contributed by atoms with Crippen LogP contribution in [0.2, 0.25) is 0 Å². The maximum Gasteiger partial charge on any atom is 0.160 e. The van der Waals surface area contributed by atoms with Crippen molar-refractivity contribution >= 4 is 39.4 Å². The van der Waals surface area contributed by atoms with E-state index in [1.165, 1.54) is 6.07 Å². The predicted octanol–water partition coefficient (Wildman–Crippen LogP) is 3.13. The molecule has 4 atom stereocenters. The summed E-state index contributed by atoms with van der Waals surface area (Å²) in [5.41, 5.74) is 1.69. The van der Waals surface area contributed by atoms with Gasteiger partial charge in [0.05, 0.1) is 28.9 Å². The number of fused-ring (bicyclic) bond motifs is 2. The Kier molecular flexibility index (Phi) is 3.95. The molecule has 124 valence electrons. The van der Waals surface area contributed by atoms with Crippen LogP contribution in [0.5, 0.6) is 0 Å². The van der Waals surface area contributed by atoms with E-state index >= 15 is 0 Å². The van der Waals surface area contributed by atoms with Crippen LogP contribution in [0.25, 0.3) is 0 Å². The number of Topliss-reactive ketones (excluding diaryl/α,β-unsaturated/α-hetero) is 2. The summed E-state index contributed by atoms with van der Waals surface area (Å²) in [6.45, 7) is 0.131. The summed E-state index contributed by atoms with van der Waals surface area (Å²) in [6, 6.07) is 4.46. The van der Waals surface area contributed by atoms with Crippen molar-refractivity contribution in [2.24, 2.45) is 21.8 Å². The Morgan fingerprint density at radius 1 is 1.12 bits per heavy atom. The molecule has 2 aliphatic heterocycles. The van der Waals surface area contributed by atoms with Crippen LogP contribution in [-0.4, -0.2) is 36.1 Å². The topological polar surface area (TPSA) is 58.9 Å². The fourth-order valence-corrected chi connectivity index (χ4v) is 4.57. The van der Waals surface area contributed by atoms with E-state index in [9.17, 15) is 14.0 Å². The Labute approximate surface area is 147 Å². The number of aliphatic imine (C=N–C) groups is 2. The Hall–Kier alpha value is -1.69. The third-order valence-electron chi connectivity index (χ3n) is 5.20. The third-order valence-corrected chi connectivity index (χ3v) is 5.80. The molecule has 1 aromatic carbocycles. The highest BCUT2D eigenvalue weighted by Gasteiger charge is 2.49. The van der Waals surface area contributed by atoms with Crippen LogP contribution < -0.4 is 0 Å². The first-order chi connectivity index (χ1) is 11.6. The quantitative estimate of drug-likeness (QED) is 0.739. The van der Waals surface area contributed by atoms with Gasteiger partial charge in [-0.25, -0.2) is 4.39 Å². The number of rotatable bonds is 1. The van der Waals surface area contributed by atoms with Crippen molar-refractivity contribution in [3.05, 3.63) is 34.1 Å². The van der Waals surface area contributed by atoms with Gasteiger partial charge in [-0.15, -0.1) is 0 Å². The third kappa shape index (κ3) is 2.48. The second-order valence-electron chi connectivity index (χ2n) is 6.59. The second-order valence-corrected chi connectivity index (χ2v) is 7.44. The van der Waals surface area contributed by atoms with E-state index in [2.05, 4.69) is 25.9 Å². The zero-order valence-electron chi connectivity index (χ0n) is 12.9. The standard InChI is InChI=1S/C18H16BrFN2O2/c19-10-6-9(4-5-11(10)20)16-17-12(2-1-3-14(17)23)22-13-7-21-8-15(24)18(13)16/h4-7,13,16-18H,1-3,8H2. The highest BCUT2D eigenvalue weighted by Crippen LogP contribution is 2.45. The van der Waals surface area contributed by atoms with Gasteiger partial charge in [0.25, 0.3) is 0 Å². The van der Waals surface area contributed by atoms with E-state index in [1.54, 1.807) is 18.3 Å². The van der Waals surface area contributed by atoms with E-state index in [0.717, 1.165) is 24.1 Å². The predicted molar refractivity (Wildman–Crippen MR) is 92.3 cm³/mol. The average molecular weight is 391 g/mol. The lowest BCUT2D eigenvalue weighted by atomic mass is 9.64. The van der Waals surface area contributed by atoms with E-state index < -0.39 is 5.92 Å². The normalized spacial score (nSPS) is 32.2. The summed E-state index contributed by atoms with van der Waals surface area (Å²) in [5, 5.41) is 0. The minimum absolute atomic E-state index is 0.00845. The lowest BCUT2D eigenvalue weighted by Crippen LogP contribution is -2.50. The Morgan fingerprint density at radius 3 is 2.75 bits per heavy atom. The van der Waals surface area contributed by atoms with Crippen LogP contribution in [0, 0.1) is 17.7 Å². The number of halogens is 2. The first kappa shape index (κ1) is 15.8. The largest absolute Gasteiger partial charge is 0.299 e. The Morgan fingerprint density at radius 2 is 1.96 bits per heavy atom. The molecule has 1 aromatic rings. The summed E-state index contributed by atoms with van der Waals surface area (Å²) in [5.74, 6) is -1.25. The molecule has 4 unspecified atom stereocenters. The minimum Gasteiger partial charge on any atom is -0.299 e. The number of hydrogen-bond donors (Lipinski definition) is 0. The van der Waals surface area contributed by atoms with Gasteiger partial charge >= 0.3 is 0 Å². The SMILES string of the molecule is O=C1CCCC2=NC3C=NCC(=O)C3C(c3ccc(F)c(Br)c3)C12. The summed E-state index contributed by atoms with van der Waals surface area (Å²) in [7, 11) is 0. The van der Waals surface area contributed by atoms with Gasteiger partial charge in [0.2, 0.25) is 0 Å². The van der Waals surface area contributed by atoms with Crippen LogP contribution in [0.1, 0.15) is 30.7 Å². The molecule has 0 amide bonds. The zero-order chi connectivity index (χ0) is 16.8. The van der Waals surface area contributed by atoms with Gasteiger partial charge in [-0.2, -0.15) is 0 Å². The van der Waals surface area contributed by atoms with E-state index in [-0.39, 0.29) is 41.8 Å². The molecule has 24 heavy (non-hydrogen) atoms. The monoisotopic (exact) mass is 390 g/mol. The summed E-state index contributed by atoms with van der Waals surface area (Å²) in [6.07, 6.45) is 3.83. The molecule has 3 aliphatic rings. The van der Waals surface area contributed by atoms with Crippen molar-refractivity contribution < 1.29 is 14.0 Å². The van der Waals surface area contributed by atoms with Crippen LogP contribution >= 0.6 is 15.9 Å². The molecule has 0 N–H and O–H groups in total.